The number of anilines is 1. The number of aromatic nitrogens is 4. The van der Waals surface area contributed by atoms with Crippen LogP contribution in [0.4, 0.5) is 5.95 Å². The molecule has 1 N–H and O–H groups in total. The molecule has 2 aromatic rings. The highest BCUT2D eigenvalue weighted by Crippen LogP contribution is 2.13. The number of nitrogens with one attached hydrogen (secondary N) is 1. The minimum atomic E-state index is 0.670. The van der Waals surface area contributed by atoms with Crippen molar-refractivity contribution >= 4 is 5.95 Å². The van der Waals surface area contributed by atoms with Crippen molar-refractivity contribution in [3.8, 4) is 5.69 Å². The molecule has 1 fully saturated rings. The molecule has 0 unspecified atom stereocenters. The third kappa shape index (κ3) is 2.33. The maximum absolute atomic E-state index is 4.04. The van der Waals surface area contributed by atoms with E-state index < -0.39 is 0 Å². The fraction of sp³-hybridized carbons (Fsp3) is 0.417. The van der Waals surface area contributed by atoms with E-state index in [9.17, 15) is 0 Å². The lowest BCUT2D eigenvalue weighted by molar-refractivity contribution is 0.270. The minimum absolute atomic E-state index is 0.670. The summed E-state index contributed by atoms with van der Waals surface area (Å²) in [4.78, 5) is 0. The van der Waals surface area contributed by atoms with Gasteiger partial charge in [-0.05, 0) is 35.4 Å². The smallest absolute Gasteiger partial charge is 0.262 e. The van der Waals surface area contributed by atoms with Gasteiger partial charge in [0.15, 0.2) is 0 Å². The van der Waals surface area contributed by atoms with E-state index in [1.165, 1.54) is 19.3 Å². The zero-order chi connectivity index (χ0) is 12.2. The zero-order valence-electron chi connectivity index (χ0n) is 10.2. The first-order valence-corrected chi connectivity index (χ1v) is 6.29. The minimum Gasteiger partial charge on any atom is -0.286 e. The molecule has 1 aliphatic rings. The Morgan fingerprint density at radius 2 is 1.78 bits per heavy atom. The fourth-order valence-electron chi connectivity index (χ4n) is 2.15. The van der Waals surface area contributed by atoms with Gasteiger partial charge in [0.05, 0.1) is 5.69 Å². The summed E-state index contributed by atoms with van der Waals surface area (Å²) in [6, 6.07) is 9.89. The molecule has 94 valence electrons. The number of nitrogens with zero attached hydrogens (tertiary/aromatic N) is 5. The maximum Gasteiger partial charge on any atom is 0.262 e. The molecule has 0 bridgehead atoms. The lowest BCUT2D eigenvalue weighted by Crippen LogP contribution is -2.35. The quantitative estimate of drug-likeness (QED) is 0.886. The van der Waals surface area contributed by atoms with Crippen LogP contribution in [0.3, 0.4) is 0 Å². The van der Waals surface area contributed by atoms with Gasteiger partial charge in [-0.1, -0.05) is 29.7 Å². The summed E-state index contributed by atoms with van der Waals surface area (Å²) in [5.41, 5.74) is 4.25. The summed E-state index contributed by atoms with van der Waals surface area (Å²) in [5.74, 6) is 0.670. The summed E-state index contributed by atoms with van der Waals surface area (Å²) in [5, 5.41) is 14.0. The van der Waals surface area contributed by atoms with Crippen molar-refractivity contribution in [2.75, 3.05) is 18.5 Å². The topological polar surface area (TPSA) is 58.9 Å². The Bertz CT molecular complexity index is 488. The van der Waals surface area contributed by atoms with Gasteiger partial charge < -0.3 is 0 Å². The molecule has 1 aromatic carbocycles. The number of tetrazole rings is 1. The number of rotatable bonds is 3. The van der Waals surface area contributed by atoms with E-state index in [1.807, 2.05) is 30.3 Å². The SMILES string of the molecule is c1ccc(-n2nnnc2NN2CCCCC2)cc1. The number of hydrazine groups is 1. The highest BCUT2D eigenvalue weighted by molar-refractivity contribution is 5.37. The molecular formula is C12H16N6. The second kappa shape index (κ2) is 5.14. The van der Waals surface area contributed by atoms with Crippen LogP contribution in [0.2, 0.25) is 0 Å². The lowest BCUT2D eigenvalue weighted by Gasteiger charge is -2.26. The predicted molar refractivity (Wildman–Crippen MR) is 68.2 cm³/mol. The Labute approximate surface area is 106 Å². The normalized spacial score (nSPS) is 16.7. The standard InChI is InChI=1S/C12H16N6/c1-3-7-11(8-4-1)18-12(13-15-16-18)14-17-9-5-2-6-10-17/h1,3-4,7-8H,2,5-6,9-10H2,(H,13,14,16). The molecule has 0 spiro atoms. The molecule has 0 saturated carbocycles. The monoisotopic (exact) mass is 244 g/mol. The van der Waals surface area contributed by atoms with Crippen LogP contribution in [0.25, 0.3) is 5.69 Å². The van der Waals surface area contributed by atoms with E-state index in [0.29, 0.717) is 5.95 Å². The van der Waals surface area contributed by atoms with Gasteiger partial charge in [0.1, 0.15) is 0 Å². The molecule has 1 saturated heterocycles. The zero-order valence-corrected chi connectivity index (χ0v) is 10.2. The van der Waals surface area contributed by atoms with Gasteiger partial charge in [0, 0.05) is 13.1 Å². The Hall–Kier alpha value is -1.95. The molecule has 1 aromatic heterocycles. The van der Waals surface area contributed by atoms with Gasteiger partial charge in [0.25, 0.3) is 5.95 Å². The van der Waals surface area contributed by atoms with Gasteiger partial charge in [-0.3, -0.25) is 5.43 Å². The molecule has 0 aliphatic carbocycles. The largest absolute Gasteiger partial charge is 0.286 e. The van der Waals surface area contributed by atoms with Gasteiger partial charge >= 0.3 is 0 Å². The van der Waals surface area contributed by atoms with Crippen LogP contribution in [0.5, 0.6) is 0 Å². The van der Waals surface area contributed by atoms with Crippen LogP contribution in [-0.4, -0.2) is 38.3 Å². The van der Waals surface area contributed by atoms with Gasteiger partial charge in [-0.15, -0.1) is 0 Å². The van der Waals surface area contributed by atoms with E-state index in [-0.39, 0.29) is 0 Å². The van der Waals surface area contributed by atoms with Crippen LogP contribution in [0.15, 0.2) is 30.3 Å². The van der Waals surface area contributed by atoms with Gasteiger partial charge in [-0.25, -0.2) is 5.01 Å². The molecule has 0 amide bonds. The number of hydrogen-bond donors (Lipinski definition) is 1. The second-order valence-electron chi connectivity index (χ2n) is 4.41. The van der Waals surface area contributed by atoms with E-state index in [4.69, 9.17) is 0 Å². The highest BCUT2D eigenvalue weighted by atomic mass is 15.6. The highest BCUT2D eigenvalue weighted by Gasteiger charge is 2.14. The summed E-state index contributed by atoms with van der Waals surface area (Å²) < 4.78 is 1.72. The van der Waals surface area contributed by atoms with Crippen molar-refractivity contribution in [2.45, 2.75) is 19.3 Å². The fourth-order valence-corrected chi connectivity index (χ4v) is 2.15. The molecule has 0 radical (unpaired) electrons. The summed E-state index contributed by atoms with van der Waals surface area (Å²) >= 11 is 0. The van der Waals surface area contributed by atoms with Crippen molar-refractivity contribution in [1.29, 1.82) is 0 Å². The van der Waals surface area contributed by atoms with Crippen molar-refractivity contribution in [1.82, 2.24) is 25.2 Å². The Balaban J connectivity index is 1.79. The van der Waals surface area contributed by atoms with E-state index >= 15 is 0 Å². The van der Waals surface area contributed by atoms with Crippen molar-refractivity contribution < 1.29 is 0 Å². The molecule has 0 atom stereocenters. The Morgan fingerprint density at radius 3 is 2.56 bits per heavy atom. The molecular weight excluding hydrogens is 228 g/mol. The Morgan fingerprint density at radius 1 is 1.00 bits per heavy atom. The van der Waals surface area contributed by atoms with Crippen molar-refractivity contribution in [3.05, 3.63) is 30.3 Å². The first-order chi connectivity index (χ1) is 8.93. The summed E-state index contributed by atoms with van der Waals surface area (Å²) in [6.45, 7) is 2.09. The van der Waals surface area contributed by atoms with E-state index in [1.54, 1.807) is 4.68 Å². The number of para-hydroxylation sites is 1. The van der Waals surface area contributed by atoms with Crippen LogP contribution in [0.1, 0.15) is 19.3 Å². The van der Waals surface area contributed by atoms with Crippen LogP contribution >= 0.6 is 0 Å². The molecule has 6 heteroatoms. The van der Waals surface area contributed by atoms with Crippen LogP contribution < -0.4 is 5.43 Å². The molecule has 1 aliphatic heterocycles. The predicted octanol–water partition coefficient (Wildman–Crippen LogP) is 1.48. The molecule has 3 rings (SSSR count). The van der Waals surface area contributed by atoms with Crippen molar-refractivity contribution in [2.24, 2.45) is 0 Å². The molecule has 2 heterocycles. The molecule has 6 nitrogen and oxygen atoms in total. The third-order valence-electron chi connectivity index (χ3n) is 3.08. The maximum atomic E-state index is 4.04. The van der Waals surface area contributed by atoms with E-state index in [0.717, 1.165) is 18.8 Å². The van der Waals surface area contributed by atoms with Crippen LogP contribution in [0, 0.1) is 0 Å². The second-order valence-corrected chi connectivity index (χ2v) is 4.41. The molecule has 18 heavy (non-hydrogen) atoms. The first kappa shape index (κ1) is 11.2. The third-order valence-corrected chi connectivity index (χ3v) is 3.08. The van der Waals surface area contributed by atoms with E-state index in [2.05, 4.69) is 26.0 Å². The number of benzene rings is 1. The first-order valence-electron chi connectivity index (χ1n) is 6.29. The number of piperidine rings is 1. The summed E-state index contributed by atoms with van der Waals surface area (Å²) in [6.07, 6.45) is 3.75. The number of hydrogen-bond acceptors (Lipinski definition) is 5. The Kier molecular flexibility index (Phi) is 3.18. The average Bonchev–Trinajstić information content (AvgIpc) is 2.89. The van der Waals surface area contributed by atoms with Crippen molar-refractivity contribution in [3.63, 3.8) is 0 Å². The van der Waals surface area contributed by atoms with Crippen LogP contribution in [-0.2, 0) is 0 Å². The van der Waals surface area contributed by atoms with Gasteiger partial charge in [0.2, 0.25) is 0 Å². The van der Waals surface area contributed by atoms with Gasteiger partial charge in [-0.2, -0.15) is 4.68 Å². The lowest BCUT2D eigenvalue weighted by atomic mass is 10.2. The average molecular weight is 244 g/mol. The summed E-state index contributed by atoms with van der Waals surface area (Å²) in [7, 11) is 0.